The zero-order valence-corrected chi connectivity index (χ0v) is 15.9. The number of sulfonamides is 1. The first-order valence-corrected chi connectivity index (χ1v) is 10.4. The molecule has 3 aromatic carbocycles. The summed E-state index contributed by atoms with van der Waals surface area (Å²) >= 11 is 0. The molecule has 136 valence electrons. The summed E-state index contributed by atoms with van der Waals surface area (Å²) in [6.07, 6.45) is 4.65. The van der Waals surface area contributed by atoms with Crippen LogP contribution in [0, 0.1) is 6.92 Å². The Morgan fingerprint density at radius 3 is 2.30 bits per heavy atom. The summed E-state index contributed by atoms with van der Waals surface area (Å²) in [5.74, 6) is 0. The van der Waals surface area contributed by atoms with E-state index < -0.39 is 10.0 Å². The lowest BCUT2D eigenvalue weighted by atomic mass is 10.1. The van der Waals surface area contributed by atoms with Gasteiger partial charge in [-0.05, 0) is 42.7 Å². The van der Waals surface area contributed by atoms with Crippen LogP contribution >= 0.6 is 0 Å². The summed E-state index contributed by atoms with van der Waals surface area (Å²) in [7, 11) is -3.64. The minimum atomic E-state index is -3.64. The summed E-state index contributed by atoms with van der Waals surface area (Å²) in [5, 5.41) is 0. The van der Waals surface area contributed by atoms with Crippen LogP contribution in [0.25, 0.3) is 6.08 Å². The maximum Gasteiger partial charge on any atom is 0.264 e. The van der Waals surface area contributed by atoms with Gasteiger partial charge in [0.05, 0.1) is 16.6 Å². The van der Waals surface area contributed by atoms with Gasteiger partial charge in [0.2, 0.25) is 0 Å². The molecule has 4 heteroatoms. The predicted molar refractivity (Wildman–Crippen MR) is 110 cm³/mol. The number of hydrogen-bond donors (Lipinski definition) is 0. The standard InChI is InChI=1S/C23H21NO2S/c1-18-11-15-22(16-12-18)27(25,26)24-21(14-13-19-7-3-2-4-8-19)17-20-9-5-6-10-23(20)24/h2-16,21H,17H2,1H3/b14-13+. The average molecular weight is 375 g/mol. The Kier molecular flexibility index (Phi) is 4.58. The van der Waals surface area contributed by atoms with Crippen molar-refractivity contribution in [3.63, 3.8) is 0 Å². The largest absolute Gasteiger partial charge is 0.264 e. The number of nitrogens with zero attached hydrogens (tertiary/aromatic N) is 1. The fourth-order valence-electron chi connectivity index (χ4n) is 3.45. The fourth-order valence-corrected chi connectivity index (χ4v) is 5.09. The molecular formula is C23H21NO2S. The third kappa shape index (κ3) is 3.40. The highest BCUT2D eigenvalue weighted by Gasteiger charge is 2.36. The minimum Gasteiger partial charge on any atom is -0.259 e. The molecule has 1 unspecified atom stereocenters. The van der Waals surface area contributed by atoms with Gasteiger partial charge in [0.15, 0.2) is 0 Å². The van der Waals surface area contributed by atoms with Crippen LogP contribution in [0.2, 0.25) is 0 Å². The number of para-hydroxylation sites is 1. The normalized spacial score (nSPS) is 16.6. The Morgan fingerprint density at radius 2 is 1.56 bits per heavy atom. The Balaban J connectivity index is 1.76. The van der Waals surface area contributed by atoms with Crippen molar-refractivity contribution in [2.24, 2.45) is 0 Å². The lowest BCUT2D eigenvalue weighted by Crippen LogP contribution is -2.36. The van der Waals surface area contributed by atoms with Crippen molar-refractivity contribution in [1.82, 2.24) is 0 Å². The number of aryl methyl sites for hydroxylation is 1. The first-order valence-electron chi connectivity index (χ1n) is 8.98. The van der Waals surface area contributed by atoms with E-state index in [-0.39, 0.29) is 6.04 Å². The molecular weight excluding hydrogens is 354 g/mol. The fraction of sp³-hybridized carbons (Fsp3) is 0.130. The molecule has 1 aliphatic rings. The second-order valence-electron chi connectivity index (χ2n) is 6.78. The van der Waals surface area contributed by atoms with E-state index in [1.165, 1.54) is 0 Å². The number of anilines is 1. The van der Waals surface area contributed by atoms with E-state index in [0.29, 0.717) is 11.3 Å². The number of fused-ring (bicyclic) bond motifs is 1. The van der Waals surface area contributed by atoms with Crippen molar-refractivity contribution in [1.29, 1.82) is 0 Å². The average Bonchev–Trinajstić information content (AvgIpc) is 3.07. The Bertz CT molecular complexity index is 1070. The van der Waals surface area contributed by atoms with E-state index in [2.05, 4.69) is 0 Å². The first kappa shape index (κ1) is 17.6. The molecule has 0 N–H and O–H groups in total. The Hall–Kier alpha value is -2.85. The number of benzene rings is 3. The third-order valence-electron chi connectivity index (χ3n) is 4.85. The van der Waals surface area contributed by atoms with Gasteiger partial charge in [0, 0.05) is 0 Å². The molecule has 27 heavy (non-hydrogen) atoms. The smallest absolute Gasteiger partial charge is 0.259 e. The Labute approximate surface area is 160 Å². The van der Waals surface area contributed by atoms with Crippen molar-refractivity contribution in [3.8, 4) is 0 Å². The second kappa shape index (κ2) is 7.05. The van der Waals surface area contributed by atoms with Gasteiger partial charge in [-0.25, -0.2) is 8.42 Å². The molecule has 0 saturated carbocycles. The zero-order valence-electron chi connectivity index (χ0n) is 15.1. The van der Waals surface area contributed by atoms with Crippen LogP contribution in [0.5, 0.6) is 0 Å². The highest BCUT2D eigenvalue weighted by atomic mass is 32.2. The van der Waals surface area contributed by atoms with Crippen molar-refractivity contribution in [2.45, 2.75) is 24.3 Å². The van der Waals surface area contributed by atoms with E-state index in [9.17, 15) is 8.42 Å². The molecule has 3 aromatic rings. The molecule has 4 rings (SSSR count). The quantitative estimate of drug-likeness (QED) is 0.655. The molecule has 0 amide bonds. The van der Waals surface area contributed by atoms with Crippen LogP contribution in [0.3, 0.4) is 0 Å². The van der Waals surface area contributed by atoms with Gasteiger partial charge in [-0.2, -0.15) is 0 Å². The first-order chi connectivity index (χ1) is 13.1. The van der Waals surface area contributed by atoms with Crippen molar-refractivity contribution >= 4 is 21.8 Å². The Morgan fingerprint density at radius 1 is 0.889 bits per heavy atom. The highest BCUT2D eigenvalue weighted by molar-refractivity contribution is 7.92. The van der Waals surface area contributed by atoms with Gasteiger partial charge in [-0.15, -0.1) is 0 Å². The molecule has 0 saturated heterocycles. The van der Waals surface area contributed by atoms with Crippen LogP contribution < -0.4 is 4.31 Å². The van der Waals surface area contributed by atoms with E-state index in [1.807, 2.05) is 85.8 Å². The van der Waals surface area contributed by atoms with E-state index in [0.717, 1.165) is 22.4 Å². The van der Waals surface area contributed by atoms with Crippen LogP contribution in [0.1, 0.15) is 16.7 Å². The topological polar surface area (TPSA) is 37.4 Å². The summed E-state index contributed by atoms with van der Waals surface area (Å²) in [6.45, 7) is 1.95. The van der Waals surface area contributed by atoms with Crippen molar-refractivity contribution < 1.29 is 8.42 Å². The number of rotatable bonds is 4. The molecule has 3 nitrogen and oxygen atoms in total. The van der Waals surface area contributed by atoms with Gasteiger partial charge >= 0.3 is 0 Å². The maximum absolute atomic E-state index is 13.4. The molecule has 0 fully saturated rings. The van der Waals surface area contributed by atoms with Gasteiger partial charge in [0.25, 0.3) is 10.0 Å². The van der Waals surface area contributed by atoms with Crippen LogP contribution in [0.4, 0.5) is 5.69 Å². The summed E-state index contributed by atoms with van der Waals surface area (Å²) in [5.41, 5.74) is 3.91. The van der Waals surface area contributed by atoms with Crippen LogP contribution in [-0.2, 0) is 16.4 Å². The van der Waals surface area contributed by atoms with E-state index in [1.54, 1.807) is 16.4 Å². The molecule has 0 aromatic heterocycles. The SMILES string of the molecule is Cc1ccc(S(=O)(=O)N2c3ccccc3CC2/C=C/c2ccccc2)cc1. The van der Waals surface area contributed by atoms with Gasteiger partial charge in [-0.3, -0.25) is 4.31 Å². The lowest BCUT2D eigenvalue weighted by Gasteiger charge is -2.25. The molecule has 0 bridgehead atoms. The maximum atomic E-state index is 13.4. The number of hydrogen-bond acceptors (Lipinski definition) is 2. The van der Waals surface area contributed by atoms with E-state index in [4.69, 9.17) is 0 Å². The van der Waals surface area contributed by atoms with E-state index >= 15 is 0 Å². The van der Waals surface area contributed by atoms with Crippen molar-refractivity contribution in [3.05, 3.63) is 102 Å². The van der Waals surface area contributed by atoms with Crippen LogP contribution in [-0.4, -0.2) is 14.5 Å². The monoisotopic (exact) mass is 375 g/mol. The molecule has 1 atom stereocenters. The van der Waals surface area contributed by atoms with Gasteiger partial charge < -0.3 is 0 Å². The molecule has 1 heterocycles. The predicted octanol–water partition coefficient (Wildman–Crippen LogP) is 4.83. The van der Waals surface area contributed by atoms with Crippen LogP contribution in [0.15, 0.2) is 89.8 Å². The highest BCUT2D eigenvalue weighted by Crippen LogP contribution is 2.37. The molecule has 0 aliphatic carbocycles. The second-order valence-corrected chi connectivity index (χ2v) is 8.60. The lowest BCUT2D eigenvalue weighted by molar-refractivity contribution is 0.588. The van der Waals surface area contributed by atoms with Crippen molar-refractivity contribution in [2.75, 3.05) is 4.31 Å². The summed E-state index contributed by atoms with van der Waals surface area (Å²) in [6, 6.07) is 24.5. The summed E-state index contributed by atoms with van der Waals surface area (Å²) < 4.78 is 28.4. The third-order valence-corrected chi connectivity index (χ3v) is 6.70. The minimum absolute atomic E-state index is 0.242. The summed E-state index contributed by atoms with van der Waals surface area (Å²) in [4.78, 5) is 0.322. The van der Waals surface area contributed by atoms with Gasteiger partial charge in [0.1, 0.15) is 0 Å². The molecule has 0 radical (unpaired) electrons. The van der Waals surface area contributed by atoms with Gasteiger partial charge in [-0.1, -0.05) is 78.4 Å². The molecule has 0 spiro atoms. The molecule has 1 aliphatic heterocycles. The zero-order chi connectivity index (χ0) is 18.9.